The Labute approximate surface area is 127 Å². The molecule has 1 amide bonds. The number of halogens is 2. The zero-order chi connectivity index (χ0) is 15.6. The molecule has 0 unspecified atom stereocenters. The van der Waals surface area contributed by atoms with Crippen LogP contribution in [-0.4, -0.2) is 10.8 Å². The monoisotopic (exact) mass is 353 g/mol. The molecule has 2 aromatic carbocycles. The Balaban J connectivity index is 2.36. The number of hydrogen-bond acceptors (Lipinski definition) is 4. The van der Waals surface area contributed by atoms with E-state index in [4.69, 9.17) is 5.73 Å². The van der Waals surface area contributed by atoms with Crippen LogP contribution in [-0.2, 0) is 0 Å². The van der Waals surface area contributed by atoms with Crippen molar-refractivity contribution in [3.8, 4) is 0 Å². The molecule has 108 valence electrons. The lowest BCUT2D eigenvalue weighted by Gasteiger charge is -2.08. The zero-order valence-electron chi connectivity index (χ0n) is 10.5. The van der Waals surface area contributed by atoms with E-state index >= 15 is 0 Å². The minimum absolute atomic E-state index is 0.00291. The maximum atomic E-state index is 13.3. The number of para-hydroxylation sites is 1. The molecule has 3 N–H and O–H groups in total. The van der Waals surface area contributed by atoms with Crippen LogP contribution >= 0.6 is 15.9 Å². The van der Waals surface area contributed by atoms with Crippen molar-refractivity contribution in [2.75, 3.05) is 11.1 Å². The average Bonchev–Trinajstić information content (AvgIpc) is 2.43. The van der Waals surface area contributed by atoms with Crippen LogP contribution in [0.15, 0.2) is 40.9 Å². The number of amides is 1. The lowest BCUT2D eigenvalue weighted by atomic mass is 10.1. The lowest BCUT2D eigenvalue weighted by molar-refractivity contribution is -0.384. The van der Waals surface area contributed by atoms with Gasteiger partial charge in [-0.1, -0.05) is 22.0 Å². The molecule has 0 bridgehead atoms. The molecule has 8 heteroatoms. The Morgan fingerprint density at radius 2 is 2.05 bits per heavy atom. The highest BCUT2D eigenvalue weighted by molar-refractivity contribution is 9.10. The topological polar surface area (TPSA) is 98.3 Å². The van der Waals surface area contributed by atoms with Crippen molar-refractivity contribution in [1.29, 1.82) is 0 Å². The molecular weight excluding hydrogens is 345 g/mol. The number of benzene rings is 2. The number of nitrogens with two attached hydrogens (primary N) is 1. The number of nitro benzene ring substituents is 1. The molecule has 0 heterocycles. The number of carbonyl (C=O) groups excluding carboxylic acids is 1. The molecule has 0 fully saturated rings. The number of nitrogens with one attached hydrogen (secondary N) is 1. The first-order valence-corrected chi connectivity index (χ1v) is 6.48. The average molecular weight is 354 g/mol. The number of nitro groups is 1. The van der Waals surface area contributed by atoms with Gasteiger partial charge in [0.15, 0.2) is 0 Å². The number of hydrogen-bond donors (Lipinski definition) is 2. The third kappa shape index (κ3) is 3.16. The number of nitrogens with zero attached hydrogens (tertiary/aromatic N) is 1. The summed E-state index contributed by atoms with van der Waals surface area (Å²) in [5.74, 6) is -1.45. The third-order valence-electron chi connectivity index (χ3n) is 2.70. The van der Waals surface area contributed by atoms with E-state index in [1.165, 1.54) is 30.3 Å². The molecule has 0 aromatic heterocycles. The fourth-order valence-electron chi connectivity index (χ4n) is 1.69. The summed E-state index contributed by atoms with van der Waals surface area (Å²) in [7, 11) is 0. The van der Waals surface area contributed by atoms with E-state index in [-0.39, 0.29) is 22.6 Å². The molecule has 0 aliphatic carbocycles. The Morgan fingerprint density at radius 3 is 2.71 bits per heavy atom. The predicted molar refractivity (Wildman–Crippen MR) is 79.6 cm³/mol. The second-order valence-corrected chi connectivity index (χ2v) is 4.99. The fourth-order valence-corrected chi connectivity index (χ4v) is 2.04. The van der Waals surface area contributed by atoms with Gasteiger partial charge in [0.2, 0.25) is 0 Å². The van der Waals surface area contributed by atoms with Gasteiger partial charge in [-0.05, 0) is 24.3 Å². The van der Waals surface area contributed by atoms with Gasteiger partial charge in [0.25, 0.3) is 11.6 Å². The molecule has 0 radical (unpaired) electrons. The van der Waals surface area contributed by atoms with Crippen molar-refractivity contribution in [2.24, 2.45) is 0 Å². The van der Waals surface area contributed by atoms with E-state index in [0.29, 0.717) is 4.47 Å². The van der Waals surface area contributed by atoms with Crippen molar-refractivity contribution in [3.63, 3.8) is 0 Å². The second kappa shape index (κ2) is 5.88. The molecule has 0 aliphatic heterocycles. The molecule has 0 saturated carbocycles. The van der Waals surface area contributed by atoms with Gasteiger partial charge >= 0.3 is 0 Å². The highest BCUT2D eigenvalue weighted by Crippen LogP contribution is 2.29. The minimum Gasteiger partial charge on any atom is -0.396 e. The van der Waals surface area contributed by atoms with Crippen LogP contribution in [0.2, 0.25) is 0 Å². The van der Waals surface area contributed by atoms with Crippen LogP contribution in [0.1, 0.15) is 10.4 Å². The van der Waals surface area contributed by atoms with Gasteiger partial charge < -0.3 is 11.1 Å². The number of carbonyl (C=O) groups is 1. The summed E-state index contributed by atoms with van der Waals surface area (Å²) in [6.45, 7) is 0. The lowest BCUT2D eigenvalue weighted by Crippen LogP contribution is -2.15. The summed E-state index contributed by atoms with van der Waals surface area (Å²) in [5, 5.41) is 13.3. The standard InChI is InChI=1S/C13H9BrFN3O3/c14-7-4-5-10(11(6-7)18(20)21)17-13(19)8-2-1-3-9(15)12(8)16/h1-6H,16H2,(H,17,19). The molecule has 2 aromatic rings. The summed E-state index contributed by atoms with van der Waals surface area (Å²) in [4.78, 5) is 22.4. The van der Waals surface area contributed by atoms with Crippen molar-refractivity contribution < 1.29 is 14.1 Å². The third-order valence-corrected chi connectivity index (χ3v) is 3.20. The molecule has 21 heavy (non-hydrogen) atoms. The maximum Gasteiger partial charge on any atom is 0.293 e. The summed E-state index contributed by atoms with van der Waals surface area (Å²) in [5.41, 5.74) is 4.79. The Hall–Kier alpha value is -2.48. The fraction of sp³-hybridized carbons (Fsp3) is 0. The molecule has 0 aliphatic rings. The SMILES string of the molecule is Nc1c(F)cccc1C(=O)Nc1ccc(Br)cc1[N+](=O)[O-]. The highest BCUT2D eigenvalue weighted by Gasteiger charge is 2.19. The van der Waals surface area contributed by atoms with Crippen LogP contribution in [0.4, 0.5) is 21.5 Å². The summed E-state index contributed by atoms with van der Waals surface area (Å²) < 4.78 is 13.8. The first kappa shape index (κ1) is 14.9. The van der Waals surface area contributed by atoms with Crippen LogP contribution in [0.3, 0.4) is 0 Å². The quantitative estimate of drug-likeness (QED) is 0.502. The van der Waals surface area contributed by atoms with E-state index in [9.17, 15) is 19.3 Å². The smallest absolute Gasteiger partial charge is 0.293 e. The van der Waals surface area contributed by atoms with E-state index < -0.39 is 16.6 Å². The van der Waals surface area contributed by atoms with Crippen LogP contribution < -0.4 is 11.1 Å². The molecule has 6 nitrogen and oxygen atoms in total. The van der Waals surface area contributed by atoms with Gasteiger partial charge in [-0.3, -0.25) is 14.9 Å². The molecule has 0 atom stereocenters. The van der Waals surface area contributed by atoms with Crippen molar-refractivity contribution in [1.82, 2.24) is 0 Å². The number of rotatable bonds is 3. The van der Waals surface area contributed by atoms with Gasteiger partial charge in [0.05, 0.1) is 16.2 Å². The highest BCUT2D eigenvalue weighted by atomic mass is 79.9. The maximum absolute atomic E-state index is 13.3. The summed E-state index contributed by atoms with van der Waals surface area (Å²) in [6, 6.07) is 7.95. The molecule has 0 spiro atoms. The van der Waals surface area contributed by atoms with Crippen LogP contribution in [0.25, 0.3) is 0 Å². The van der Waals surface area contributed by atoms with E-state index in [1.807, 2.05) is 0 Å². The normalized spacial score (nSPS) is 10.2. The molecule has 2 rings (SSSR count). The first-order valence-electron chi connectivity index (χ1n) is 5.69. The Morgan fingerprint density at radius 1 is 1.33 bits per heavy atom. The van der Waals surface area contributed by atoms with Gasteiger partial charge in [-0.15, -0.1) is 0 Å². The van der Waals surface area contributed by atoms with Gasteiger partial charge in [0, 0.05) is 10.5 Å². The van der Waals surface area contributed by atoms with Gasteiger partial charge in [-0.25, -0.2) is 4.39 Å². The predicted octanol–water partition coefficient (Wildman–Crippen LogP) is 3.33. The van der Waals surface area contributed by atoms with E-state index in [0.717, 1.165) is 6.07 Å². The second-order valence-electron chi connectivity index (χ2n) is 4.07. The molecule has 0 saturated heterocycles. The van der Waals surface area contributed by atoms with Crippen LogP contribution in [0.5, 0.6) is 0 Å². The largest absolute Gasteiger partial charge is 0.396 e. The number of anilines is 2. The summed E-state index contributed by atoms with van der Waals surface area (Å²) >= 11 is 3.11. The zero-order valence-corrected chi connectivity index (χ0v) is 12.1. The van der Waals surface area contributed by atoms with E-state index in [2.05, 4.69) is 21.2 Å². The summed E-state index contributed by atoms with van der Waals surface area (Å²) in [6.07, 6.45) is 0. The van der Waals surface area contributed by atoms with Crippen molar-refractivity contribution >= 4 is 38.9 Å². The molecular formula is C13H9BrFN3O3. The van der Waals surface area contributed by atoms with Crippen LogP contribution in [0, 0.1) is 15.9 Å². The van der Waals surface area contributed by atoms with Crippen molar-refractivity contribution in [2.45, 2.75) is 0 Å². The first-order chi connectivity index (χ1) is 9.90. The Bertz CT molecular complexity index is 737. The Kier molecular flexibility index (Phi) is 4.18. The van der Waals surface area contributed by atoms with E-state index in [1.54, 1.807) is 0 Å². The minimum atomic E-state index is -0.729. The van der Waals surface area contributed by atoms with Crippen molar-refractivity contribution in [3.05, 3.63) is 62.4 Å². The van der Waals surface area contributed by atoms with Gasteiger partial charge in [-0.2, -0.15) is 0 Å². The number of nitrogen functional groups attached to an aromatic ring is 1. The van der Waals surface area contributed by atoms with Gasteiger partial charge in [0.1, 0.15) is 11.5 Å².